The Balaban J connectivity index is 1.82. The van der Waals surface area contributed by atoms with E-state index in [-0.39, 0.29) is 16.9 Å². The van der Waals surface area contributed by atoms with Crippen molar-refractivity contribution in [3.63, 3.8) is 0 Å². The highest BCUT2D eigenvalue weighted by molar-refractivity contribution is 6.32. The van der Waals surface area contributed by atoms with Crippen LogP contribution in [0.1, 0.15) is 35.7 Å². The summed E-state index contributed by atoms with van der Waals surface area (Å²) >= 11 is 6.19. The maximum atomic E-state index is 12.5. The van der Waals surface area contributed by atoms with Crippen LogP contribution in [-0.4, -0.2) is 42.2 Å². The van der Waals surface area contributed by atoms with Crippen molar-refractivity contribution in [3.05, 3.63) is 28.4 Å². The standard InChI is InChI=1S/C18H21ClN4O4/c1-10-8-12-13(9-11(10)16(24)26-3)20-14(19)15(21-12)22-23-17(25)18(2)4-6-27-7-5-18/h8-9H,4-7H2,1-3H3,(H,21,22)(H,23,25). The van der Waals surface area contributed by atoms with Gasteiger partial charge in [0.05, 0.1) is 29.1 Å². The summed E-state index contributed by atoms with van der Waals surface area (Å²) in [5, 5.41) is 0.0830. The lowest BCUT2D eigenvalue weighted by molar-refractivity contribution is -0.134. The first-order chi connectivity index (χ1) is 12.8. The molecule has 144 valence electrons. The molecule has 0 radical (unpaired) electrons. The highest BCUT2D eigenvalue weighted by Crippen LogP contribution is 2.30. The molecule has 1 saturated heterocycles. The number of anilines is 1. The summed E-state index contributed by atoms with van der Waals surface area (Å²) in [5.74, 6) is -0.370. The van der Waals surface area contributed by atoms with Crippen LogP contribution in [0.3, 0.4) is 0 Å². The van der Waals surface area contributed by atoms with E-state index < -0.39 is 11.4 Å². The average Bonchev–Trinajstić information content (AvgIpc) is 2.66. The zero-order chi connectivity index (χ0) is 19.6. The Labute approximate surface area is 161 Å². The lowest BCUT2D eigenvalue weighted by atomic mass is 9.82. The summed E-state index contributed by atoms with van der Waals surface area (Å²) < 4.78 is 10.1. The van der Waals surface area contributed by atoms with Crippen molar-refractivity contribution in [2.24, 2.45) is 5.41 Å². The lowest BCUT2D eigenvalue weighted by Crippen LogP contribution is -2.45. The number of carbonyl (C=O) groups is 2. The number of aromatic nitrogens is 2. The summed E-state index contributed by atoms with van der Waals surface area (Å²) in [7, 11) is 1.32. The van der Waals surface area contributed by atoms with Crippen LogP contribution in [0.4, 0.5) is 5.82 Å². The largest absolute Gasteiger partial charge is 0.465 e. The number of nitrogens with one attached hydrogen (secondary N) is 2. The number of hydrazine groups is 1. The molecule has 2 N–H and O–H groups in total. The van der Waals surface area contributed by atoms with Crippen LogP contribution in [0.15, 0.2) is 12.1 Å². The Kier molecular flexibility index (Phi) is 5.48. The molecule has 27 heavy (non-hydrogen) atoms. The molecule has 1 aromatic carbocycles. The van der Waals surface area contributed by atoms with Crippen molar-refractivity contribution < 1.29 is 19.1 Å². The summed E-state index contributed by atoms with van der Waals surface area (Å²) in [4.78, 5) is 33.0. The van der Waals surface area contributed by atoms with Crippen molar-refractivity contribution >= 4 is 40.3 Å². The molecule has 3 rings (SSSR count). The number of hydrogen-bond acceptors (Lipinski definition) is 7. The van der Waals surface area contributed by atoms with Crippen molar-refractivity contribution in [1.82, 2.24) is 15.4 Å². The van der Waals surface area contributed by atoms with Crippen LogP contribution >= 0.6 is 11.6 Å². The minimum atomic E-state index is -0.506. The van der Waals surface area contributed by atoms with Crippen molar-refractivity contribution in [3.8, 4) is 0 Å². The number of esters is 1. The van der Waals surface area contributed by atoms with Crippen molar-refractivity contribution in [2.45, 2.75) is 26.7 Å². The van der Waals surface area contributed by atoms with Crippen molar-refractivity contribution in [2.75, 3.05) is 25.7 Å². The Hall–Kier alpha value is -2.45. The Morgan fingerprint density at radius 1 is 1.22 bits per heavy atom. The summed E-state index contributed by atoms with van der Waals surface area (Å²) in [5.41, 5.74) is 7.02. The fourth-order valence-corrected chi connectivity index (χ4v) is 3.09. The maximum Gasteiger partial charge on any atom is 0.338 e. The number of aryl methyl sites for hydroxylation is 1. The Bertz CT molecular complexity index is 897. The molecule has 2 aromatic rings. The van der Waals surface area contributed by atoms with Gasteiger partial charge in [0.15, 0.2) is 11.0 Å². The number of nitrogens with zero attached hydrogens (tertiary/aromatic N) is 2. The molecule has 0 saturated carbocycles. The van der Waals surface area contributed by atoms with E-state index in [1.807, 2.05) is 6.92 Å². The predicted octanol–water partition coefficient (Wildman–Crippen LogP) is 2.64. The smallest absolute Gasteiger partial charge is 0.338 e. The third kappa shape index (κ3) is 3.96. The molecule has 0 unspecified atom stereocenters. The molecule has 0 aliphatic carbocycles. The van der Waals surface area contributed by atoms with Crippen molar-refractivity contribution in [1.29, 1.82) is 0 Å². The van der Waals surface area contributed by atoms with Gasteiger partial charge in [0.25, 0.3) is 0 Å². The molecule has 2 heterocycles. The first kappa shape index (κ1) is 19.3. The zero-order valence-electron chi connectivity index (χ0n) is 15.4. The van der Waals surface area contributed by atoms with Gasteiger partial charge in [-0.15, -0.1) is 0 Å². The molecule has 1 aromatic heterocycles. The molecule has 1 fully saturated rings. The van der Waals surface area contributed by atoms with Gasteiger partial charge in [-0.2, -0.15) is 0 Å². The number of methoxy groups -OCH3 is 1. The van der Waals surface area contributed by atoms with E-state index in [1.165, 1.54) is 7.11 Å². The van der Waals surface area contributed by atoms with Gasteiger partial charge in [0.1, 0.15) is 0 Å². The highest BCUT2D eigenvalue weighted by Gasteiger charge is 2.35. The van der Waals surface area contributed by atoms with Crippen LogP contribution in [0.5, 0.6) is 0 Å². The molecular formula is C18H21ClN4O4. The van der Waals surface area contributed by atoms with Gasteiger partial charge in [-0.3, -0.25) is 15.6 Å². The van der Waals surface area contributed by atoms with Gasteiger partial charge >= 0.3 is 5.97 Å². The van der Waals surface area contributed by atoms with Gasteiger partial charge in [0.2, 0.25) is 5.91 Å². The number of amides is 1. The summed E-state index contributed by atoms with van der Waals surface area (Å²) in [6, 6.07) is 3.30. The summed E-state index contributed by atoms with van der Waals surface area (Å²) in [6.07, 6.45) is 1.29. The molecular weight excluding hydrogens is 372 g/mol. The van der Waals surface area contributed by atoms with Gasteiger partial charge in [0, 0.05) is 13.2 Å². The lowest BCUT2D eigenvalue weighted by Gasteiger charge is -2.31. The summed E-state index contributed by atoms with van der Waals surface area (Å²) in [6.45, 7) is 4.80. The molecule has 0 bridgehead atoms. The van der Waals surface area contributed by atoms with Gasteiger partial charge in [-0.1, -0.05) is 18.5 Å². The zero-order valence-corrected chi connectivity index (χ0v) is 16.1. The second-order valence-corrected chi connectivity index (χ2v) is 7.12. The van der Waals surface area contributed by atoms with Crippen LogP contribution in [0.25, 0.3) is 11.0 Å². The number of fused-ring (bicyclic) bond motifs is 1. The SMILES string of the molecule is COC(=O)c1cc2nc(Cl)c(NNC(=O)C3(C)CCOCC3)nc2cc1C. The Morgan fingerprint density at radius 2 is 1.89 bits per heavy atom. The number of rotatable bonds is 4. The molecule has 0 atom stereocenters. The number of halogens is 1. The molecule has 1 aliphatic rings. The van der Waals surface area contributed by atoms with E-state index in [1.54, 1.807) is 19.1 Å². The molecule has 8 nitrogen and oxygen atoms in total. The van der Waals surface area contributed by atoms with Crippen LogP contribution in [-0.2, 0) is 14.3 Å². The van der Waals surface area contributed by atoms with Crippen LogP contribution < -0.4 is 10.9 Å². The maximum absolute atomic E-state index is 12.5. The van der Waals surface area contributed by atoms with E-state index in [0.717, 1.165) is 0 Å². The number of ether oxygens (including phenoxy) is 2. The van der Waals surface area contributed by atoms with Gasteiger partial charge < -0.3 is 9.47 Å². The molecule has 1 amide bonds. The second-order valence-electron chi connectivity index (χ2n) is 6.76. The highest BCUT2D eigenvalue weighted by atomic mass is 35.5. The van der Waals surface area contributed by atoms with E-state index in [9.17, 15) is 9.59 Å². The monoisotopic (exact) mass is 392 g/mol. The number of benzene rings is 1. The fraction of sp³-hybridized carbons (Fsp3) is 0.444. The van der Waals surface area contributed by atoms with E-state index in [4.69, 9.17) is 21.1 Å². The van der Waals surface area contributed by atoms with Gasteiger partial charge in [-0.05, 0) is 37.5 Å². The first-order valence-electron chi connectivity index (χ1n) is 8.54. The topological polar surface area (TPSA) is 102 Å². The Morgan fingerprint density at radius 3 is 2.56 bits per heavy atom. The minimum absolute atomic E-state index is 0.0830. The predicted molar refractivity (Wildman–Crippen MR) is 101 cm³/mol. The molecule has 9 heteroatoms. The van der Waals surface area contributed by atoms with E-state index >= 15 is 0 Å². The third-order valence-corrected chi connectivity index (χ3v) is 5.08. The second kappa shape index (κ2) is 7.66. The number of hydrogen-bond donors (Lipinski definition) is 2. The van der Waals surface area contributed by atoms with Crippen LogP contribution in [0, 0.1) is 12.3 Å². The van der Waals surface area contributed by atoms with Gasteiger partial charge in [-0.25, -0.2) is 14.8 Å². The van der Waals surface area contributed by atoms with Crippen LogP contribution in [0.2, 0.25) is 5.15 Å². The molecule has 0 spiro atoms. The van der Waals surface area contributed by atoms with E-state index in [2.05, 4.69) is 20.8 Å². The normalized spacial score (nSPS) is 16.0. The first-order valence-corrected chi connectivity index (χ1v) is 8.92. The quantitative estimate of drug-likeness (QED) is 0.609. The minimum Gasteiger partial charge on any atom is -0.465 e. The molecule has 1 aliphatic heterocycles. The van der Waals surface area contributed by atoms with E-state index in [0.29, 0.717) is 48.2 Å². The average molecular weight is 393 g/mol. The number of carbonyl (C=O) groups excluding carboxylic acids is 2. The third-order valence-electron chi connectivity index (χ3n) is 4.81. The fourth-order valence-electron chi connectivity index (χ4n) is 2.91.